The molecular formula is C31H43N. The smallest absolute Gasteiger partial charge is 0.00671 e. The Morgan fingerprint density at radius 2 is 1.88 bits per heavy atom. The van der Waals surface area contributed by atoms with Crippen molar-refractivity contribution >= 4 is 17.7 Å². The SMILES string of the molecule is C=Cc1cc(C2=CCC3C4CCC5CC(NC)CCC5(C)C4CCC23C)ccc1/C=C\C. The zero-order valence-electron chi connectivity index (χ0n) is 20.8. The van der Waals surface area contributed by atoms with E-state index in [1.165, 1.54) is 68.1 Å². The zero-order chi connectivity index (χ0) is 22.5. The van der Waals surface area contributed by atoms with Crippen LogP contribution in [-0.4, -0.2) is 13.1 Å². The summed E-state index contributed by atoms with van der Waals surface area (Å²) in [6, 6.07) is 7.81. The van der Waals surface area contributed by atoms with E-state index in [2.05, 4.69) is 76.1 Å². The van der Waals surface area contributed by atoms with Gasteiger partial charge in [0.25, 0.3) is 0 Å². The molecule has 1 N–H and O–H groups in total. The van der Waals surface area contributed by atoms with Crippen molar-refractivity contribution in [1.29, 1.82) is 0 Å². The Morgan fingerprint density at radius 1 is 1.03 bits per heavy atom. The fourth-order valence-corrected chi connectivity index (χ4v) is 8.79. The van der Waals surface area contributed by atoms with E-state index >= 15 is 0 Å². The molecule has 32 heavy (non-hydrogen) atoms. The second-order valence-corrected chi connectivity index (χ2v) is 11.8. The monoisotopic (exact) mass is 429 g/mol. The van der Waals surface area contributed by atoms with Crippen molar-refractivity contribution < 1.29 is 0 Å². The van der Waals surface area contributed by atoms with Crippen LogP contribution in [0.1, 0.15) is 88.8 Å². The largest absolute Gasteiger partial charge is 0.317 e. The van der Waals surface area contributed by atoms with Crippen LogP contribution in [0.5, 0.6) is 0 Å². The molecular weight excluding hydrogens is 386 g/mol. The van der Waals surface area contributed by atoms with Crippen molar-refractivity contribution in [3.05, 3.63) is 53.6 Å². The molecule has 1 aromatic carbocycles. The highest BCUT2D eigenvalue weighted by Gasteiger charge is 2.58. The van der Waals surface area contributed by atoms with Crippen LogP contribution in [0.2, 0.25) is 0 Å². The van der Waals surface area contributed by atoms with E-state index in [1.54, 1.807) is 5.57 Å². The number of rotatable bonds is 4. The van der Waals surface area contributed by atoms with E-state index < -0.39 is 0 Å². The van der Waals surface area contributed by atoms with Gasteiger partial charge in [0.2, 0.25) is 0 Å². The molecule has 3 saturated carbocycles. The maximum atomic E-state index is 4.09. The highest BCUT2D eigenvalue weighted by molar-refractivity contribution is 5.77. The Hall–Kier alpha value is -1.60. The van der Waals surface area contributed by atoms with Gasteiger partial charge in [0.05, 0.1) is 0 Å². The van der Waals surface area contributed by atoms with E-state index in [1.807, 2.05) is 6.08 Å². The molecule has 4 aliphatic carbocycles. The van der Waals surface area contributed by atoms with Gasteiger partial charge in [-0.25, -0.2) is 0 Å². The summed E-state index contributed by atoms with van der Waals surface area (Å²) in [6.45, 7) is 11.5. The van der Waals surface area contributed by atoms with Gasteiger partial charge in [0.15, 0.2) is 0 Å². The maximum Gasteiger partial charge on any atom is 0.00671 e. The first kappa shape index (κ1) is 22.2. The minimum Gasteiger partial charge on any atom is -0.317 e. The van der Waals surface area contributed by atoms with Crippen molar-refractivity contribution in [3.63, 3.8) is 0 Å². The molecule has 3 fully saturated rings. The third-order valence-corrected chi connectivity index (χ3v) is 10.6. The van der Waals surface area contributed by atoms with Gasteiger partial charge >= 0.3 is 0 Å². The Morgan fingerprint density at radius 3 is 2.62 bits per heavy atom. The quantitative estimate of drug-likeness (QED) is 0.511. The number of nitrogens with one attached hydrogen (secondary N) is 1. The number of allylic oxidation sites excluding steroid dienone is 3. The first-order valence-corrected chi connectivity index (χ1v) is 13.2. The molecule has 0 spiro atoms. The standard InChI is InChI=1S/C31H43N/c1-6-8-22-9-10-23(19-21(22)7-2)27-13-14-28-26-12-11-24-20-25(32-5)15-17-30(24,3)29(26)16-18-31(27,28)4/h6-10,13,19,24-26,28-29,32H,2,11-12,14-18,20H2,1,3-5H3/b8-6-. The zero-order valence-corrected chi connectivity index (χ0v) is 20.8. The number of hydrogen-bond donors (Lipinski definition) is 1. The summed E-state index contributed by atoms with van der Waals surface area (Å²) >= 11 is 0. The highest BCUT2D eigenvalue weighted by atomic mass is 14.9. The normalized spacial score (nSPS) is 41.0. The summed E-state index contributed by atoms with van der Waals surface area (Å²) in [5.41, 5.74) is 6.51. The molecule has 1 nitrogen and oxygen atoms in total. The van der Waals surface area contributed by atoms with Crippen LogP contribution in [0.25, 0.3) is 17.7 Å². The Balaban J connectivity index is 1.41. The van der Waals surface area contributed by atoms with Crippen LogP contribution in [-0.2, 0) is 0 Å². The summed E-state index contributed by atoms with van der Waals surface area (Å²) in [5.74, 6) is 3.61. The average Bonchev–Trinajstić information content (AvgIpc) is 3.16. The van der Waals surface area contributed by atoms with Gasteiger partial charge in [-0.3, -0.25) is 0 Å². The van der Waals surface area contributed by atoms with Crippen LogP contribution < -0.4 is 5.32 Å². The van der Waals surface area contributed by atoms with Gasteiger partial charge < -0.3 is 5.32 Å². The molecule has 0 aliphatic heterocycles. The predicted octanol–water partition coefficient (Wildman–Crippen LogP) is 7.99. The van der Waals surface area contributed by atoms with E-state index in [-0.39, 0.29) is 0 Å². The summed E-state index contributed by atoms with van der Waals surface area (Å²) in [4.78, 5) is 0. The first-order valence-electron chi connectivity index (χ1n) is 13.2. The van der Waals surface area contributed by atoms with Crippen molar-refractivity contribution in [3.8, 4) is 0 Å². The molecule has 0 saturated heterocycles. The molecule has 0 bridgehead atoms. The molecule has 0 amide bonds. The second-order valence-electron chi connectivity index (χ2n) is 11.8. The second kappa shape index (κ2) is 8.32. The lowest BCUT2D eigenvalue weighted by Crippen LogP contribution is -2.54. The van der Waals surface area contributed by atoms with E-state index in [0.717, 1.165) is 29.7 Å². The molecule has 0 heterocycles. The Bertz CT molecular complexity index is 938. The van der Waals surface area contributed by atoms with E-state index in [4.69, 9.17) is 0 Å². The lowest BCUT2D eigenvalue weighted by atomic mass is 9.44. The van der Waals surface area contributed by atoms with Crippen molar-refractivity contribution in [2.24, 2.45) is 34.5 Å². The topological polar surface area (TPSA) is 12.0 Å². The van der Waals surface area contributed by atoms with Gasteiger partial charge in [-0.2, -0.15) is 0 Å². The van der Waals surface area contributed by atoms with Gasteiger partial charge in [-0.15, -0.1) is 0 Å². The molecule has 1 heteroatoms. The fraction of sp³-hybridized carbons (Fsp3) is 0.613. The minimum atomic E-state index is 0.340. The summed E-state index contributed by atoms with van der Waals surface area (Å²) < 4.78 is 0. The third kappa shape index (κ3) is 3.30. The van der Waals surface area contributed by atoms with Crippen LogP contribution >= 0.6 is 0 Å². The van der Waals surface area contributed by atoms with E-state index in [0.29, 0.717) is 10.8 Å². The molecule has 7 atom stereocenters. The molecule has 5 rings (SSSR count). The minimum absolute atomic E-state index is 0.340. The summed E-state index contributed by atoms with van der Waals surface area (Å²) in [6.07, 6.45) is 20.2. The van der Waals surface area contributed by atoms with Crippen LogP contribution in [0.4, 0.5) is 0 Å². The predicted molar refractivity (Wildman–Crippen MR) is 139 cm³/mol. The van der Waals surface area contributed by atoms with Gasteiger partial charge in [0, 0.05) is 6.04 Å². The molecule has 7 unspecified atom stereocenters. The molecule has 0 aromatic heterocycles. The summed E-state index contributed by atoms with van der Waals surface area (Å²) in [5, 5.41) is 3.59. The van der Waals surface area contributed by atoms with Crippen LogP contribution in [0, 0.1) is 34.5 Å². The van der Waals surface area contributed by atoms with Gasteiger partial charge in [-0.05, 0) is 128 Å². The van der Waals surface area contributed by atoms with E-state index in [9.17, 15) is 0 Å². The molecule has 172 valence electrons. The molecule has 0 radical (unpaired) electrons. The maximum absolute atomic E-state index is 4.09. The summed E-state index contributed by atoms with van der Waals surface area (Å²) in [7, 11) is 2.17. The van der Waals surface area contributed by atoms with Crippen molar-refractivity contribution in [1.82, 2.24) is 5.32 Å². The number of fused-ring (bicyclic) bond motifs is 5. The number of benzene rings is 1. The average molecular weight is 430 g/mol. The van der Waals surface area contributed by atoms with Gasteiger partial charge in [0.1, 0.15) is 0 Å². The number of hydrogen-bond acceptors (Lipinski definition) is 1. The third-order valence-electron chi connectivity index (χ3n) is 10.6. The fourth-order valence-electron chi connectivity index (χ4n) is 8.79. The lowest BCUT2D eigenvalue weighted by molar-refractivity contribution is -0.0996. The van der Waals surface area contributed by atoms with Gasteiger partial charge in [-0.1, -0.05) is 56.9 Å². The molecule has 4 aliphatic rings. The molecule has 1 aromatic rings. The van der Waals surface area contributed by atoms with Crippen LogP contribution in [0.15, 0.2) is 36.9 Å². The van der Waals surface area contributed by atoms with Crippen LogP contribution in [0.3, 0.4) is 0 Å². The van der Waals surface area contributed by atoms with Crippen molar-refractivity contribution in [2.45, 2.75) is 78.2 Å². The van der Waals surface area contributed by atoms with Crippen molar-refractivity contribution in [2.75, 3.05) is 7.05 Å². The Kier molecular flexibility index (Phi) is 5.77. The highest BCUT2D eigenvalue weighted by Crippen LogP contribution is 2.67. The Labute approximate surface area is 196 Å². The lowest BCUT2D eigenvalue weighted by Gasteiger charge is -2.61. The first-order chi connectivity index (χ1) is 15.4.